The number of hydrogen-bond acceptors (Lipinski definition) is 3. The number of rotatable bonds is 7. The zero-order valence-corrected chi connectivity index (χ0v) is 14.4. The second kappa shape index (κ2) is 8.45. The summed E-state index contributed by atoms with van der Waals surface area (Å²) in [6, 6.07) is 22.2. The minimum absolute atomic E-state index is 0.265. The fourth-order valence-corrected chi connectivity index (χ4v) is 2.75. The number of aryl methyl sites for hydroxylation is 1. The van der Waals surface area contributed by atoms with Crippen LogP contribution in [0.4, 0.5) is 0 Å². The SMILES string of the molecule is C[C@@H](Oc1ccc(-c2ccccc2)cc1)[C@@H](O)CCc1cccnc1. The fourth-order valence-electron chi connectivity index (χ4n) is 2.75. The number of ether oxygens (including phenoxy) is 1. The van der Waals surface area contributed by atoms with E-state index in [-0.39, 0.29) is 6.10 Å². The maximum absolute atomic E-state index is 10.3. The normalized spacial score (nSPS) is 13.2. The van der Waals surface area contributed by atoms with Crippen molar-refractivity contribution < 1.29 is 9.84 Å². The summed E-state index contributed by atoms with van der Waals surface area (Å²) in [5, 5.41) is 10.3. The van der Waals surface area contributed by atoms with E-state index in [0.717, 1.165) is 23.3 Å². The highest BCUT2D eigenvalue weighted by Gasteiger charge is 2.16. The Kier molecular flexibility index (Phi) is 5.81. The Bertz CT molecular complexity index is 757. The largest absolute Gasteiger partial charge is 0.488 e. The smallest absolute Gasteiger partial charge is 0.122 e. The van der Waals surface area contributed by atoms with Gasteiger partial charge in [-0.3, -0.25) is 4.98 Å². The van der Waals surface area contributed by atoms with Gasteiger partial charge >= 0.3 is 0 Å². The van der Waals surface area contributed by atoms with Crippen molar-refractivity contribution in [3.05, 3.63) is 84.7 Å². The van der Waals surface area contributed by atoms with Crippen LogP contribution >= 0.6 is 0 Å². The summed E-state index contributed by atoms with van der Waals surface area (Å²) in [6.45, 7) is 1.90. The van der Waals surface area contributed by atoms with E-state index in [4.69, 9.17) is 4.74 Å². The minimum atomic E-state index is -0.519. The monoisotopic (exact) mass is 333 g/mol. The van der Waals surface area contributed by atoms with Gasteiger partial charge in [0.15, 0.2) is 0 Å². The van der Waals surface area contributed by atoms with Crippen LogP contribution in [0.2, 0.25) is 0 Å². The Morgan fingerprint density at radius 3 is 2.32 bits per heavy atom. The van der Waals surface area contributed by atoms with Gasteiger partial charge in [-0.1, -0.05) is 48.5 Å². The molecule has 25 heavy (non-hydrogen) atoms. The second-order valence-corrected chi connectivity index (χ2v) is 6.18. The van der Waals surface area contributed by atoms with Gasteiger partial charge < -0.3 is 9.84 Å². The first kappa shape index (κ1) is 17.2. The summed E-state index contributed by atoms with van der Waals surface area (Å²) in [6.07, 6.45) is 4.24. The topological polar surface area (TPSA) is 42.4 Å². The summed E-state index contributed by atoms with van der Waals surface area (Å²) >= 11 is 0. The number of aliphatic hydroxyl groups excluding tert-OH is 1. The Labute approximate surface area is 148 Å². The zero-order chi connectivity index (χ0) is 17.5. The van der Waals surface area contributed by atoms with E-state index >= 15 is 0 Å². The third-order valence-electron chi connectivity index (χ3n) is 4.28. The van der Waals surface area contributed by atoms with Crippen molar-refractivity contribution in [2.45, 2.75) is 32.0 Å². The average molecular weight is 333 g/mol. The molecule has 128 valence electrons. The number of pyridine rings is 1. The Morgan fingerprint density at radius 2 is 1.64 bits per heavy atom. The van der Waals surface area contributed by atoms with Gasteiger partial charge in [0, 0.05) is 12.4 Å². The molecule has 0 bridgehead atoms. The van der Waals surface area contributed by atoms with Gasteiger partial charge in [-0.15, -0.1) is 0 Å². The van der Waals surface area contributed by atoms with Gasteiger partial charge in [0.2, 0.25) is 0 Å². The lowest BCUT2D eigenvalue weighted by Gasteiger charge is -2.20. The number of benzene rings is 2. The Balaban J connectivity index is 1.54. The highest BCUT2D eigenvalue weighted by atomic mass is 16.5. The molecule has 1 heterocycles. The van der Waals surface area contributed by atoms with Gasteiger partial charge in [-0.25, -0.2) is 0 Å². The minimum Gasteiger partial charge on any atom is -0.488 e. The molecule has 0 saturated carbocycles. The van der Waals surface area contributed by atoms with Crippen LogP contribution in [-0.4, -0.2) is 22.3 Å². The molecule has 0 fully saturated rings. The summed E-state index contributed by atoms with van der Waals surface area (Å²) in [7, 11) is 0. The third-order valence-corrected chi connectivity index (χ3v) is 4.28. The van der Waals surface area contributed by atoms with E-state index in [1.54, 1.807) is 6.20 Å². The van der Waals surface area contributed by atoms with E-state index < -0.39 is 6.10 Å². The van der Waals surface area contributed by atoms with E-state index in [2.05, 4.69) is 17.1 Å². The zero-order valence-electron chi connectivity index (χ0n) is 14.4. The molecular weight excluding hydrogens is 310 g/mol. The summed E-state index contributed by atoms with van der Waals surface area (Å²) in [5.41, 5.74) is 3.46. The molecule has 0 aliphatic rings. The van der Waals surface area contributed by atoms with Crippen molar-refractivity contribution in [2.24, 2.45) is 0 Å². The molecule has 0 saturated heterocycles. The van der Waals surface area contributed by atoms with Gasteiger partial charge in [-0.2, -0.15) is 0 Å². The maximum atomic E-state index is 10.3. The van der Waals surface area contributed by atoms with E-state index in [1.807, 2.05) is 67.7 Å². The predicted octanol–water partition coefficient (Wildman–Crippen LogP) is 4.51. The first-order valence-electron chi connectivity index (χ1n) is 8.61. The molecule has 3 nitrogen and oxygen atoms in total. The summed E-state index contributed by atoms with van der Waals surface area (Å²) < 4.78 is 5.89. The van der Waals surface area contributed by atoms with Crippen LogP contribution in [0.5, 0.6) is 5.75 Å². The lowest BCUT2D eigenvalue weighted by molar-refractivity contribution is 0.0420. The van der Waals surface area contributed by atoms with Gasteiger partial charge in [-0.05, 0) is 54.7 Å². The van der Waals surface area contributed by atoms with Crippen LogP contribution in [0.15, 0.2) is 79.1 Å². The molecular formula is C22H23NO2. The average Bonchev–Trinajstić information content (AvgIpc) is 2.68. The molecule has 0 unspecified atom stereocenters. The number of nitrogens with zero attached hydrogens (tertiary/aromatic N) is 1. The van der Waals surface area contributed by atoms with Crippen LogP contribution in [0.3, 0.4) is 0 Å². The molecule has 3 aromatic rings. The van der Waals surface area contributed by atoms with Crippen molar-refractivity contribution in [2.75, 3.05) is 0 Å². The van der Waals surface area contributed by atoms with Crippen LogP contribution in [0.1, 0.15) is 18.9 Å². The van der Waals surface area contributed by atoms with Crippen LogP contribution < -0.4 is 4.74 Å². The second-order valence-electron chi connectivity index (χ2n) is 6.18. The Morgan fingerprint density at radius 1 is 0.920 bits per heavy atom. The molecule has 3 rings (SSSR count). The van der Waals surface area contributed by atoms with Crippen LogP contribution in [0.25, 0.3) is 11.1 Å². The lowest BCUT2D eigenvalue weighted by Crippen LogP contribution is -2.29. The highest BCUT2D eigenvalue weighted by molar-refractivity contribution is 5.63. The predicted molar refractivity (Wildman–Crippen MR) is 101 cm³/mol. The Hall–Kier alpha value is -2.65. The molecule has 3 heteroatoms. The molecule has 0 radical (unpaired) electrons. The first-order valence-corrected chi connectivity index (χ1v) is 8.61. The van der Waals surface area contributed by atoms with Gasteiger partial charge in [0.1, 0.15) is 11.9 Å². The quantitative estimate of drug-likeness (QED) is 0.692. The van der Waals surface area contributed by atoms with Crippen LogP contribution in [0, 0.1) is 0 Å². The molecule has 1 N–H and O–H groups in total. The molecule has 0 aliphatic carbocycles. The number of aromatic nitrogens is 1. The van der Waals surface area contributed by atoms with Crippen molar-refractivity contribution in [3.63, 3.8) is 0 Å². The fraction of sp³-hybridized carbons (Fsp3) is 0.227. The van der Waals surface area contributed by atoms with Gasteiger partial charge in [0.25, 0.3) is 0 Å². The molecule has 0 aliphatic heterocycles. The number of hydrogen-bond donors (Lipinski definition) is 1. The van der Waals surface area contributed by atoms with Crippen molar-refractivity contribution in [1.29, 1.82) is 0 Å². The van der Waals surface area contributed by atoms with E-state index in [9.17, 15) is 5.11 Å². The number of aliphatic hydroxyl groups is 1. The van der Waals surface area contributed by atoms with Gasteiger partial charge in [0.05, 0.1) is 6.10 Å². The maximum Gasteiger partial charge on any atom is 0.122 e. The molecule has 2 aromatic carbocycles. The highest BCUT2D eigenvalue weighted by Crippen LogP contribution is 2.23. The molecule has 2 atom stereocenters. The van der Waals surface area contributed by atoms with Crippen LogP contribution in [-0.2, 0) is 6.42 Å². The summed E-state index contributed by atoms with van der Waals surface area (Å²) in [5.74, 6) is 0.771. The standard InChI is InChI=1S/C22H23NO2/c1-17(22(24)14-9-18-6-5-15-23-16-18)25-21-12-10-20(11-13-21)19-7-3-2-4-8-19/h2-8,10-13,15-17,22,24H,9,14H2,1H3/t17-,22+/m1/s1. The van der Waals surface area contributed by atoms with Crippen molar-refractivity contribution >= 4 is 0 Å². The van der Waals surface area contributed by atoms with Crippen molar-refractivity contribution in [1.82, 2.24) is 4.98 Å². The molecule has 0 amide bonds. The van der Waals surface area contributed by atoms with Crippen molar-refractivity contribution in [3.8, 4) is 16.9 Å². The molecule has 0 spiro atoms. The lowest BCUT2D eigenvalue weighted by atomic mass is 10.0. The third kappa shape index (κ3) is 4.91. The summed E-state index contributed by atoms with van der Waals surface area (Å²) in [4.78, 5) is 4.10. The van der Waals surface area contributed by atoms with E-state index in [1.165, 1.54) is 5.56 Å². The molecule has 1 aromatic heterocycles. The first-order chi connectivity index (χ1) is 12.2. The van der Waals surface area contributed by atoms with E-state index in [0.29, 0.717) is 6.42 Å².